The van der Waals surface area contributed by atoms with Gasteiger partial charge in [0.15, 0.2) is 5.82 Å². The molecular formula is C15H19N3. The Morgan fingerprint density at radius 3 is 2.33 bits per heavy atom. The normalized spacial score (nSPS) is 10.7. The first kappa shape index (κ1) is 12.6. The zero-order chi connectivity index (χ0) is 13.0. The zero-order valence-corrected chi connectivity index (χ0v) is 11.1. The van der Waals surface area contributed by atoms with Crippen molar-refractivity contribution >= 4 is 5.82 Å². The molecule has 18 heavy (non-hydrogen) atoms. The maximum absolute atomic E-state index is 4.42. The van der Waals surface area contributed by atoms with E-state index in [1.807, 2.05) is 0 Å². The Hall–Kier alpha value is -1.90. The monoisotopic (exact) mass is 241 g/mol. The van der Waals surface area contributed by atoms with Crippen LogP contribution in [0.3, 0.4) is 0 Å². The Bertz CT molecular complexity index is 503. The molecule has 0 fully saturated rings. The minimum Gasteiger partial charge on any atom is -0.369 e. The van der Waals surface area contributed by atoms with E-state index < -0.39 is 0 Å². The van der Waals surface area contributed by atoms with E-state index in [2.05, 4.69) is 60.3 Å². The van der Waals surface area contributed by atoms with Gasteiger partial charge in [-0.3, -0.25) is 4.98 Å². The van der Waals surface area contributed by atoms with E-state index in [1.165, 1.54) is 5.56 Å². The van der Waals surface area contributed by atoms with Crippen LogP contribution in [0.1, 0.15) is 32.3 Å². The summed E-state index contributed by atoms with van der Waals surface area (Å²) in [5, 5.41) is 3.24. The molecule has 1 heterocycles. The Morgan fingerprint density at radius 2 is 1.72 bits per heavy atom. The molecule has 0 aliphatic rings. The highest BCUT2D eigenvalue weighted by molar-refractivity contribution is 5.71. The number of hydrogen-bond donors (Lipinski definition) is 1. The molecule has 0 aliphatic heterocycles. The molecule has 2 aromatic rings. The van der Waals surface area contributed by atoms with Crippen LogP contribution in [-0.4, -0.2) is 16.5 Å². The van der Waals surface area contributed by atoms with Crippen molar-refractivity contribution in [2.45, 2.75) is 26.7 Å². The number of aromatic nitrogens is 2. The standard InChI is InChI=1S/C15H19N3/c1-4-16-15-14(17-9-10-18-15)13-7-5-12(6-8-13)11(2)3/h5-11H,4H2,1-3H3,(H,16,18). The summed E-state index contributed by atoms with van der Waals surface area (Å²) in [4.78, 5) is 8.75. The average molecular weight is 241 g/mol. The fraction of sp³-hybridized carbons (Fsp3) is 0.333. The molecule has 0 radical (unpaired) electrons. The second-order valence-corrected chi connectivity index (χ2v) is 4.56. The smallest absolute Gasteiger partial charge is 0.152 e. The van der Waals surface area contributed by atoms with Gasteiger partial charge in [-0.25, -0.2) is 4.98 Å². The van der Waals surface area contributed by atoms with Crippen molar-refractivity contribution in [3.63, 3.8) is 0 Å². The molecule has 0 saturated carbocycles. The van der Waals surface area contributed by atoms with Crippen LogP contribution in [0.2, 0.25) is 0 Å². The van der Waals surface area contributed by atoms with Crippen molar-refractivity contribution in [2.24, 2.45) is 0 Å². The maximum atomic E-state index is 4.42. The number of anilines is 1. The maximum Gasteiger partial charge on any atom is 0.152 e. The van der Waals surface area contributed by atoms with Gasteiger partial charge in [-0.2, -0.15) is 0 Å². The van der Waals surface area contributed by atoms with E-state index in [4.69, 9.17) is 0 Å². The van der Waals surface area contributed by atoms with Crippen molar-refractivity contribution in [2.75, 3.05) is 11.9 Å². The van der Waals surface area contributed by atoms with Crippen LogP contribution in [0.5, 0.6) is 0 Å². The van der Waals surface area contributed by atoms with Crippen molar-refractivity contribution in [3.8, 4) is 11.3 Å². The van der Waals surface area contributed by atoms with Gasteiger partial charge in [-0.05, 0) is 18.4 Å². The molecule has 0 aliphatic carbocycles. The summed E-state index contributed by atoms with van der Waals surface area (Å²) in [6, 6.07) is 8.54. The van der Waals surface area contributed by atoms with Gasteiger partial charge in [0.1, 0.15) is 5.69 Å². The minimum absolute atomic E-state index is 0.550. The molecule has 0 bridgehead atoms. The molecule has 1 aromatic carbocycles. The largest absolute Gasteiger partial charge is 0.369 e. The average Bonchev–Trinajstić information content (AvgIpc) is 2.40. The molecule has 0 atom stereocenters. The quantitative estimate of drug-likeness (QED) is 0.887. The SMILES string of the molecule is CCNc1nccnc1-c1ccc(C(C)C)cc1. The van der Waals surface area contributed by atoms with Crippen molar-refractivity contribution in [1.29, 1.82) is 0 Å². The summed E-state index contributed by atoms with van der Waals surface area (Å²) in [5.41, 5.74) is 3.35. The van der Waals surface area contributed by atoms with Gasteiger partial charge >= 0.3 is 0 Å². The lowest BCUT2D eigenvalue weighted by Crippen LogP contribution is -2.02. The summed E-state index contributed by atoms with van der Waals surface area (Å²) >= 11 is 0. The molecular weight excluding hydrogens is 222 g/mol. The summed E-state index contributed by atoms with van der Waals surface area (Å²) in [6.45, 7) is 7.29. The van der Waals surface area contributed by atoms with E-state index in [9.17, 15) is 0 Å². The number of rotatable bonds is 4. The number of nitrogens with one attached hydrogen (secondary N) is 1. The van der Waals surface area contributed by atoms with Gasteiger partial charge < -0.3 is 5.32 Å². The number of benzene rings is 1. The fourth-order valence-electron chi connectivity index (χ4n) is 1.87. The van der Waals surface area contributed by atoms with Crippen LogP contribution in [0.25, 0.3) is 11.3 Å². The second kappa shape index (κ2) is 5.63. The molecule has 2 rings (SSSR count). The predicted octanol–water partition coefficient (Wildman–Crippen LogP) is 3.70. The van der Waals surface area contributed by atoms with Crippen LogP contribution < -0.4 is 5.32 Å². The summed E-state index contributed by atoms with van der Waals surface area (Å²) in [7, 11) is 0. The minimum atomic E-state index is 0.550. The Labute approximate surface area is 108 Å². The topological polar surface area (TPSA) is 37.8 Å². The van der Waals surface area contributed by atoms with Crippen molar-refractivity contribution < 1.29 is 0 Å². The van der Waals surface area contributed by atoms with E-state index in [1.54, 1.807) is 12.4 Å². The highest BCUT2D eigenvalue weighted by Crippen LogP contribution is 2.25. The lowest BCUT2D eigenvalue weighted by atomic mass is 10.0. The fourth-order valence-corrected chi connectivity index (χ4v) is 1.87. The molecule has 3 nitrogen and oxygen atoms in total. The molecule has 1 aromatic heterocycles. The molecule has 0 spiro atoms. The Morgan fingerprint density at radius 1 is 1.06 bits per heavy atom. The van der Waals surface area contributed by atoms with E-state index in [-0.39, 0.29) is 0 Å². The highest BCUT2D eigenvalue weighted by Gasteiger charge is 2.07. The van der Waals surface area contributed by atoms with E-state index in [0.29, 0.717) is 5.92 Å². The summed E-state index contributed by atoms with van der Waals surface area (Å²) < 4.78 is 0. The number of hydrogen-bond acceptors (Lipinski definition) is 3. The first-order chi connectivity index (χ1) is 8.72. The molecule has 1 N–H and O–H groups in total. The van der Waals surface area contributed by atoms with Gasteiger partial charge in [-0.15, -0.1) is 0 Å². The van der Waals surface area contributed by atoms with Gasteiger partial charge in [0.05, 0.1) is 0 Å². The Balaban J connectivity index is 2.36. The molecule has 3 heteroatoms. The van der Waals surface area contributed by atoms with Crippen LogP contribution in [0, 0.1) is 0 Å². The first-order valence-corrected chi connectivity index (χ1v) is 6.37. The van der Waals surface area contributed by atoms with E-state index in [0.717, 1.165) is 23.6 Å². The van der Waals surface area contributed by atoms with E-state index >= 15 is 0 Å². The summed E-state index contributed by atoms with van der Waals surface area (Å²) in [5.74, 6) is 1.39. The van der Waals surface area contributed by atoms with Crippen molar-refractivity contribution in [1.82, 2.24) is 9.97 Å². The molecule has 0 amide bonds. The van der Waals surface area contributed by atoms with Crippen LogP contribution in [0.4, 0.5) is 5.82 Å². The molecule has 0 saturated heterocycles. The Kier molecular flexibility index (Phi) is 3.92. The highest BCUT2D eigenvalue weighted by atomic mass is 15.0. The third kappa shape index (κ3) is 2.67. The van der Waals surface area contributed by atoms with Crippen molar-refractivity contribution in [3.05, 3.63) is 42.2 Å². The van der Waals surface area contributed by atoms with Gasteiger partial charge in [0.25, 0.3) is 0 Å². The third-order valence-corrected chi connectivity index (χ3v) is 2.89. The molecule has 94 valence electrons. The lowest BCUT2D eigenvalue weighted by molar-refractivity contribution is 0.867. The lowest BCUT2D eigenvalue weighted by Gasteiger charge is -2.10. The molecule has 0 unspecified atom stereocenters. The first-order valence-electron chi connectivity index (χ1n) is 6.37. The van der Waals surface area contributed by atoms with Gasteiger partial charge in [-0.1, -0.05) is 38.1 Å². The summed E-state index contributed by atoms with van der Waals surface area (Å²) in [6.07, 6.45) is 3.44. The van der Waals surface area contributed by atoms with Crippen LogP contribution >= 0.6 is 0 Å². The third-order valence-electron chi connectivity index (χ3n) is 2.89. The van der Waals surface area contributed by atoms with Crippen LogP contribution in [0.15, 0.2) is 36.7 Å². The number of nitrogens with zero attached hydrogens (tertiary/aromatic N) is 2. The zero-order valence-electron chi connectivity index (χ0n) is 11.1. The predicted molar refractivity (Wildman–Crippen MR) is 75.7 cm³/mol. The van der Waals surface area contributed by atoms with Gasteiger partial charge in [0, 0.05) is 24.5 Å². The van der Waals surface area contributed by atoms with Gasteiger partial charge in [0.2, 0.25) is 0 Å². The second-order valence-electron chi connectivity index (χ2n) is 4.56. The van der Waals surface area contributed by atoms with Crippen LogP contribution in [-0.2, 0) is 0 Å².